The van der Waals surface area contributed by atoms with Crippen LogP contribution in [0.1, 0.15) is 44.2 Å². The molecule has 0 aliphatic heterocycles. The molecule has 0 spiro atoms. The van der Waals surface area contributed by atoms with Gasteiger partial charge in [-0.05, 0) is 27.7 Å². The predicted molar refractivity (Wildman–Crippen MR) is 88.7 cm³/mol. The molecule has 2 aromatic carbocycles. The number of nitrogens with zero attached hydrogens (tertiary/aromatic N) is 1. The molecular weight excluding hydrogens is 274 g/mol. The number of hydrogen-bond donors (Lipinski definition) is 0. The summed E-state index contributed by atoms with van der Waals surface area (Å²) in [5, 5.41) is 10.8. The van der Waals surface area contributed by atoms with Gasteiger partial charge in [-0.3, -0.25) is 10.1 Å². The van der Waals surface area contributed by atoms with Crippen LogP contribution in [-0.2, 0) is 5.41 Å². The third kappa shape index (κ3) is 2.89. The van der Waals surface area contributed by atoms with Gasteiger partial charge in [-0.1, -0.05) is 69.3 Å². The van der Waals surface area contributed by atoms with Crippen molar-refractivity contribution in [3.05, 3.63) is 69.8 Å². The first kappa shape index (κ1) is 14.8. The summed E-state index contributed by atoms with van der Waals surface area (Å²) in [7, 11) is 0. The highest BCUT2D eigenvalue weighted by Crippen LogP contribution is 2.43. The summed E-state index contributed by atoms with van der Waals surface area (Å²) in [6.07, 6.45) is 0.673. The van der Waals surface area contributed by atoms with E-state index in [0.29, 0.717) is 6.42 Å². The smallest absolute Gasteiger partial charge is 0.221 e. The molecule has 3 nitrogen and oxygen atoms in total. The van der Waals surface area contributed by atoms with Gasteiger partial charge in [-0.15, -0.1) is 0 Å². The van der Waals surface area contributed by atoms with E-state index in [1.165, 1.54) is 11.1 Å². The Bertz CT molecular complexity index is 681. The average Bonchev–Trinajstić information content (AvgIpc) is 3.27. The van der Waals surface area contributed by atoms with Crippen LogP contribution in [0.5, 0.6) is 0 Å². The first-order chi connectivity index (χ1) is 10.4. The molecule has 0 unspecified atom stereocenters. The minimum Gasteiger partial charge on any atom is -0.264 e. The monoisotopic (exact) mass is 295 g/mol. The van der Waals surface area contributed by atoms with Crippen LogP contribution in [0.25, 0.3) is 11.1 Å². The van der Waals surface area contributed by atoms with Crippen molar-refractivity contribution >= 4 is 0 Å². The lowest BCUT2D eigenvalue weighted by molar-refractivity contribution is -0.496. The fourth-order valence-electron chi connectivity index (χ4n) is 2.86. The molecule has 1 saturated carbocycles. The molecule has 1 fully saturated rings. The Morgan fingerprint density at radius 1 is 0.955 bits per heavy atom. The van der Waals surface area contributed by atoms with E-state index >= 15 is 0 Å². The second-order valence-electron chi connectivity index (χ2n) is 7.14. The number of rotatable bonds is 3. The maximum Gasteiger partial charge on any atom is 0.221 e. The quantitative estimate of drug-likeness (QED) is 0.604. The third-order valence-electron chi connectivity index (χ3n) is 4.45. The SMILES string of the molecule is CC(C)(C)c1ccc(-c2ccc([C@H]3C[C@@H]3[N+](=O)[O-])cc2)cc1. The summed E-state index contributed by atoms with van der Waals surface area (Å²) in [4.78, 5) is 10.6. The van der Waals surface area contributed by atoms with Crippen LogP contribution in [0.15, 0.2) is 48.5 Å². The zero-order chi connectivity index (χ0) is 15.9. The third-order valence-corrected chi connectivity index (χ3v) is 4.45. The molecule has 2 atom stereocenters. The van der Waals surface area contributed by atoms with Crippen molar-refractivity contribution in [3.63, 3.8) is 0 Å². The highest BCUT2D eigenvalue weighted by atomic mass is 16.6. The summed E-state index contributed by atoms with van der Waals surface area (Å²) in [5.74, 6) is 0.104. The molecule has 114 valence electrons. The zero-order valence-corrected chi connectivity index (χ0v) is 13.2. The van der Waals surface area contributed by atoms with E-state index in [9.17, 15) is 10.1 Å². The topological polar surface area (TPSA) is 43.1 Å². The Balaban J connectivity index is 1.77. The van der Waals surface area contributed by atoms with Crippen molar-refractivity contribution in [2.45, 2.75) is 44.6 Å². The van der Waals surface area contributed by atoms with Crippen molar-refractivity contribution in [2.75, 3.05) is 0 Å². The minimum absolute atomic E-state index is 0.104. The molecule has 3 heteroatoms. The summed E-state index contributed by atoms with van der Waals surface area (Å²) < 4.78 is 0. The van der Waals surface area contributed by atoms with E-state index < -0.39 is 0 Å². The molecule has 0 radical (unpaired) electrons. The summed E-state index contributed by atoms with van der Waals surface area (Å²) >= 11 is 0. The van der Waals surface area contributed by atoms with Gasteiger partial charge in [-0.25, -0.2) is 0 Å². The lowest BCUT2D eigenvalue weighted by Crippen LogP contribution is -2.10. The minimum atomic E-state index is -0.378. The Morgan fingerprint density at radius 2 is 1.45 bits per heavy atom. The highest BCUT2D eigenvalue weighted by Gasteiger charge is 2.48. The van der Waals surface area contributed by atoms with E-state index in [1.54, 1.807) is 0 Å². The second-order valence-corrected chi connectivity index (χ2v) is 7.14. The Hall–Kier alpha value is -2.16. The van der Waals surface area contributed by atoms with E-state index in [4.69, 9.17) is 0 Å². The van der Waals surface area contributed by atoms with Gasteiger partial charge in [0.15, 0.2) is 0 Å². The second kappa shape index (κ2) is 5.24. The highest BCUT2D eigenvalue weighted by molar-refractivity contribution is 5.64. The predicted octanol–water partition coefficient (Wildman–Crippen LogP) is 4.78. The Labute approximate surface area is 131 Å². The fourth-order valence-corrected chi connectivity index (χ4v) is 2.86. The van der Waals surface area contributed by atoms with E-state index in [-0.39, 0.29) is 22.3 Å². The van der Waals surface area contributed by atoms with Gasteiger partial charge in [0.25, 0.3) is 0 Å². The largest absolute Gasteiger partial charge is 0.264 e. The summed E-state index contributed by atoms with van der Waals surface area (Å²) in [5.41, 5.74) is 4.89. The van der Waals surface area contributed by atoms with Crippen LogP contribution in [0.3, 0.4) is 0 Å². The summed E-state index contributed by atoms with van der Waals surface area (Å²) in [6.45, 7) is 6.62. The van der Waals surface area contributed by atoms with Crippen molar-refractivity contribution < 1.29 is 4.92 Å². The van der Waals surface area contributed by atoms with E-state index in [0.717, 1.165) is 11.1 Å². The molecule has 0 saturated heterocycles. The Kier molecular flexibility index (Phi) is 3.51. The molecule has 0 heterocycles. The lowest BCUT2D eigenvalue weighted by atomic mass is 9.86. The van der Waals surface area contributed by atoms with Gasteiger partial charge in [0.2, 0.25) is 6.04 Å². The van der Waals surface area contributed by atoms with Crippen LogP contribution in [0.2, 0.25) is 0 Å². The van der Waals surface area contributed by atoms with Gasteiger partial charge < -0.3 is 0 Å². The lowest BCUT2D eigenvalue weighted by Gasteiger charge is -2.19. The molecule has 22 heavy (non-hydrogen) atoms. The molecule has 0 aromatic heterocycles. The molecule has 2 aromatic rings. The molecule has 1 aliphatic rings. The van der Waals surface area contributed by atoms with Crippen molar-refractivity contribution in [1.82, 2.24) is 0 Å². The van der Waals surface area contributed by atoms with Crippen molar-refractivity contribution in [3.8, 4) is 11.1 Å². The molecule has 3 rings (SSSR count). The summed E-state index contributed by atoms with van der Waals surface area (Å²) in [6, 6.07) is 16.5. The van der Waals surface area contributed by atoms with Gasteiger partial charge in [0, 0.05) is 11.3 Å². The van der Waals surface area contributed by atoms with Gasteiger partial charge in [-0.2, -0.15) is 0 Å². The first-order valence-corrected chi connectivity index (χ1v) is 7.70. The molecule has 0 N–H and O–H groups in total. The molecular formula is C19H21NO2. The van der Waals surface area contributed by atoms with Gasteiger partial charge in [0.05, 0.1) is 5.92 Å². The molecule has 0 bridgehead atoms. The van der Waals surface area contributed by atoms with Crippen molar-refractivity contribution in [1.29, 1.82) is 0 Å². The van der Waals surface area contributed by atoms with Crippen LogP contribution in [0, 0.1) is 10.1 Å². The number of nitro groups is 1. The Morgan fingerprint density at radius 3 is 1.86 bits per heavy atom. The van der Waals surface area contributed by atoms with Gasteiger partial charge >= 0.3 is 0 Å². The fraction of sp³-hybridized carbons (Fsp3) is 0.368. The normalized spacial score (nSPS) is 20.7. The molecule has 1 aliphatic carbocycles. The maximum absolute atomic E-state index is 10.8. The number of benzene rings is 2. The van der Waals surface area contributed by atoms with E-state index in [1.807, 2.05) is 12.1 Å². The first-order valence-electron chi connectivity index (χ1n) is 7.70. The molecule has 0 amide bonds. The van der Waals surface area contributed by atoms with E-state index in [2.05, 4.69) is 57.2 Å². The standard InChI is InChI=1S/C19H21NO2/c1-19(2,3)16-10-8-14(9-11-16)13-4-6-15(7-5-13)17-12-18(17)20(21)22/h4-11,17-18H,12H2,1-3H3/t17-,18+/m1/s1. The maximum atomic E-state index is 10.8. The average molecular weight is 295 g/mol. The van der Waals surface area contributed by atoms with Gasteiger partial charge in [0.1, 0.15) is 0 Å². The zero-order valence-electron chi connectivity index (χ0n) is 13.2. The van der Waals surface area contributed by atoms with Crippen LogP contribution in [0.4, 0.5) is 0 Å². The van der Waals surface area contributed by atoms with Crippen LogP contribution in [-0.4, -0.2) is 11.0 Å². The number of hydrogen-bond acceptors (Lipinski definition) is 2. The van der Waals surface area contributed by atoms with Crippen molar-refractivity contribution in [2.24, 2.45) is 0 Å². The van der Waals surface area contributed by atoms with Crippen LogP contribution < -0.4 is 0 Å². The van der Waals surface area contributed by atoms with Crippen LogP contribution >= 0.6 is 0 Å².